The van der Waals surface area contributed by atoms with Crippen molar-refractivity contribution in [2.45, 2.75) is 94.1 Å². The highest BCUT2D eigenvalue weighted by molar-refractivity contribution is 7.91. The first-order valence-corrected chi connectivity index (χ1v) is 19.4. The van der Waals surface area contributed by atoms with Gasteiger partial charge in [-0.1, -0.05) is 25.0 Å². The molecule has 12 nitrogen and oxygen atoms in total. The summed E-state index contributed by atoms with van der Waals surface area (Å²) in [6, 6.07) is 4.69. The molecule has 0 unspecified atom stereocenters. The first-order chi connectivity index (χ1) is 23.6. The summed E-state index contributed by atoms with van der Waals surface area (Å²) in [4.78, 5) is 52.3. The lowest BCUT2D eigenvalue weighted by atomic mass is 10.1. The van der Waals surface area contributed by atoms with Crippen LogP contribution in [0, 0.1) is 12.8 Å². The quantitative estimate of drug-likeness (QED) is 0.340. The van der Waals surface area contributed by atoms with Gasteiger partial charge in [-0.25, -0.2) is 18.4 Å². The molecule has 1 saturated heterocycles. The highest BCUT2D eigenvalue weighted by Crippen LogP contribution is 2.46. The van der Waals surface area contributed by atoms with Crippen LogP contribution in [-0.2, 0) is 24.4 Å². The number of rotatable bonds is 7. The lowest BCUT2D eigenvalue weighted by Crippen LogP contribution is -2.56. The predicted octanol–water partition coefficient (Wildman–Crippen LogP) is 4.42. The first kappa shape index (κ1) is 33.5. The van der Waals surface area contributed by atoms with Gasteiger partial charge in [-0.3, -0.25) is 19.1 Å². The molecule has 2 N–H and O–H groups in total. The number of aryl methyl sites for hydroxylation is 1. The van der Waals surface area contributed by atoms with E-state index in [2.05, 4.69) is 15.0 Å². The lowest BCUT2D eigenvalue weighted by Gasteiger charge is -2.26. The van der Waals surface area contributed by atoms with Crippen molar-refractivity contribution in [2.75, 3.05) is 13.7 Å². The molecule has 3 fully saturated rings. The number of pyridine rings is 1. The van der Waals surface area contributed by atoms with E-state index in [-0.39, 0.29) is 31.2 Å². The van der Waals surface area contributed by atoms with Crippen LogP contribution in [0.2, 0.25) is 0 Å². The molecule has 7 rings (SSSR count). The maximum atomic E-state index is 14.1. The number of thiazole rings is 1. The zero-order valence-corrected chi connectivity index (χ0v) is 29.3. The Morgan fingerprint density at radius 3 is 2.71 bits per heavy atom. The Morgan fingerprint density at radius 1 is 1.14 bits per heavy atom. The lowest BCUT2D eigenvalue weighted by molar-refractivity contribution is -0.139. The average Bonchev–Trinajstić information content (AvgIpc) is 3.94. The molecule has 4 aliphatic rings. The number of ether oxygens (including phenoxy) is 2. The average molecular weight is 708 g/mol. The zero-order chi connectivity index (χ0) is 34.3. The summed E-state index contributed by atoms with van der Waals surface area (Å²) < 4.78 is 39.9. The van der Waals surface area contributed by atoms with Gasteiger partial charge in [0.1, 0.15) is 39.9 Å². The van der Waals surface area contributed by atoms with E-state index >= 15 is 0 Å². The van der Waals surface area contributed by atoms with Gasteiger partial charge in [-0.15, -0.1) is 11.3 Å². The number of carbonyl (C=O) groups is 3. The fourth-order valence-corrected chi connectivity index (χ4v) is 8.97. The second kappa shape index (κ2) is 13.3. The van der Waals surface area contributed by atoms with E-state index in [0.29, 0.717) is 48.4 Å². The maximum absolute atomic E-state index is 14.1. The van der Waals surface area contributed by atoms with Gasteiger partial charge in [0.25, 0.3) is 5.91 Å². The molecule has 0 spiro atoms. The van der Waals surface area contributed by atoms with Crippen LogP contribution in [0.3, 0.4) is 0 Å². The third kappa shape index (κ3) is 6.77. The molecule has 4 heterocycles. The van der Waals surface area contributed by atoms with E-state index < -0.39 is 44.8 Å². The minimum atomic E-state index is -3.82. The minimum Gasteiger partial charge on any atom is -0.496 e. The molecule has 0 bridgehead atoms. The van der Waals surface area contributed by atoms with Crippen LogP contribution in [-0.4, -0.2) is 77.6 Å². The number of carbonyl (C=O) groups excluding carboxylic acids is 3. The fourth-order valence-electron chi connectivity index (χ4n) is 7.01. The van der Waals surface area contributed by atoms with Gasteiger partial charge in [0, 0.05) is 47.4 Å². The van der Waals surface area contributed by atoms with E-state index in [1.54, 1.807) is 18.2 Å². The molecule has 2 aromatic heterocycles. The molecule has 2 saturated carbocycles. The molecule has 0 radical (unpaired) electrons. The Morgan fingerprint density at radius 2 is 1.96 bits per heavy atom. The standard InChI is InChI=1S/C35H41N5O7S2/c1-21-28(46-2)14-13-25-29(18-26(37-31(21)25)33-36-15-16-48-33)47-23-17-27-32(42)38-35(34(43)39-49(44,45)24-11-12-24)19-22(35)9-7-5-3-4-6-8-10-30(41)40(27)20-23/h7,9,13-16,18,22-24,27H,3-6,8,10-12,17,19-20H2,1-2H3,(H,38,42)(H,39,43)/b9-7-/t22-,23+,27-,35+/m0/s1. The number of aromatic nitrogens is 2. The minimum absolute atomic E-state index is 0.148. The van der Waals surface area contributed by atoms with Crippen LogP contribution in [0.5, 0.6) is 11.5 Å². The van der Waals surface area contributed by atoms with E-state index in [1.165, 1.54) is 11.3 Å². The summed E-state index contributed by atoms with van der Waals surface area (Å²) in [6.45, 7) is 2.11. The second-order valence-corrected chi connectivity index (χ2v) is 16.4. The molecule has 3 aromatic rings. The van der Waals surface area contributed by atoms with Crippen molar-refractivity contribution >= 4 is 50.0 Å². The van der Waals surface area contributed by atoms with Gasteiger partial charge >= 0.3 is 0 Å². The maximum Gasteiger partial charge on any atom is 0.259 e. The van der Waals surface area contributed by atoms with Crippen molar-refractivity contribution in [1.29, 1.82) is 0 Å². The molecule has 49 heavy (non-hydrogen) atoms. The van der Waals surface area contributed by atoms with E-state index in [1.807, 2.05) is 42.7 Å². The molecule has 2 aliphatic heterocycles. The Kier molecular flexibility index (Phi) is 9.11. The van der Waals surface area contributed by atoms with Gasteiger partial charge in [-0.05, 0) is 57.6 Å². The van der Waals surface area contributed by atoms with Crippen LogP contribution >= 0.6 is 11.3 Å². The number of methoxy groups -OCH3 is 1. The monoisotopic (exact) mass is 707 g/mol. The number of fused-ring (bicyclic) bond motifs is 3. The highest BCUT2D eigenvalue weighted by atomic mass is 32.2. The summed E-state index contributed by atoms with van der Waals surface area (Å²) in [5.74, 6) is -0.471. The fraction of sp³-hybridized carbons (Fsp3) is 0.514. The number of benzene rings is 1. The van der Waals surface area contributed by atoms with Gasteiger partial charge in [0.05, 0.1) is 24.4 Å². The number of hydrogen-bond donors (Lipinski definition) is 2. The second-order valence-electron chi connectivity index (χ2n) is 13.5. The van der Waals surface area contributed by atoms with Crippen LogP contribution in [0.25, 0.3) is 21.6 Å². The number of nitrogens with one attached hydrogen (secondary N) is 2. The van der Waals surface area contributed by atoms with Crippen molar-refractivity contribution < 1.29 is 32.3 Å². The smallest absolute Gasteiger partial charge is 0.259 e. The van der Waals surface area contributed by atoms with Gasteiger partial charge in [0.2, 0.25) is 21.8 Å². The van der Waals surface area contributed by atoms with Crippen molar-refractivity contribution in [3.8, 4) is 22.2 Å². The van der Waals surface area contributed by atoms with Crippen LogP contribution < -0.4 is 19.5 Å². The molecular weight excluding hydrogens is 667 g/mol. The van der Waals surface area contributed by atoms with E-state index in [0.717, 1.165) is 41.6 Å². The molecular formula is C35H41N5O7S2. The first-order valence-electron chi connectivity index (χ1n) is 17.0. The van der Waals surface area contributed by atoms with Crippen LogP contribution in [0.4, 0.5) is 0 Å². The van der Waals surface area contributed by atoms with Gasteiger partial charge < -0.3 is 19.7 Å². The third-order valence-electron chi connectivity index (χ3n) is 10.0. The Labute approximate surface area is 289 Å². The van der Waals surface area contributed by atoms with Crippen molar-refractivity contribution in [2.24, 2.45) is 5.92 Å². The number of sulfonamides is 1. The van der Waals surface area contributed by atoms with Gasteiger partial charge in [0.15, 0.2) is 0 Å². The molecule has 1 aromatic carbocycles. The summed E-state index contributed by atoms with van der Waals surface area (Å²) >= 11 is 1.46. The topological polar surface area (TPSA) is 157 Å². The normalized spacial score (nSPS) is 26.9. The molecule has 260 valence electrons. The van der Waals surface area contributed by atoms with Crippen LogP contribution in [0.15, 0.2) is 41.9 Å². The largest absolute Gasteiger partial charge is 0.496 e. The van der Waals surface area contributed by atoms with Gasteiger partial charge in [-0.2, -0.15) is 0 Å². The number of hydrogen-bond acceptors (Lipinski definition) is 10. The summed E-state index contributed by atoms with van der Waals surface area (Å²) in [5, 5.41) is 5.71. The predicted molar refractivity (Wildman–Crippen MR) is 185 cm³/mol. The highest BCUT2D eigenvalue weighted by Gasteiger charge is 2.62. The summed E-state index contributed by atoms with van der Waals surface area (Å²) in [6.07, 6.45) is 11.2. The van der Waals surface area contributed by atoms with E-state index in [9.17, 15) is 22.8 Å². The summed E-state index contributed by atoms with van der Waals surface area (Å²) in [7, 11) is -2.21. The number of allylic oxidation sites excluding steroid dienone is 1. The number of nitrogens with zero attached hydrogens (tertiary/aromatic N) is 3. The van der Waals surface area contributed by atoms with E-state index in [4.69, 9.17) is 14.5 Å². The van der Waals surface area contributed by atoms with Crippen molar-refractivity contribution in [3.63, 3.8) is 0 Å². The molecule has 14 heteroatoms. The Hall–Kier alpha value is -4.04. The van der Waals surface area contributed by atoms with Crippen molar-refractivity contribution in [3.05, 3.63) is 47.5 Å². The SMILES string of the molecule is COc1ccc2c(O[C@@H]3C[C@H]4C(=O)N[C@]5(C(=O)NS(=O)(=O)C6CC6)C[C@@H]5/C=C\CCCCCCC(=O)N4C3)cc(-c3nccs3)nc2c1C. The third-order valence-corrected chi connectivity index (χ3v) is 12.7. The van der Waals surface area contributed by atoms with Crippen molar-refractivity contribution in [1.82, 2.24) is 24.9 Å². The molecule has 2 aliphatic carbocycles. The zero-order valence-electron chi connectivity index (χ0n) is 27.6. The Bertz CT molecular complexity index is 1910. The molecule has 4 atom stereocenters. The number of amides is 3. The van der Waals surface area contributed by atoms with Crippen LogP contribution in [0.1, 0.15) is 69.8 Å². The Balaban J connectivity index is 1.19. The summed E-state index contributed by atoms with van der Waals surface area (Å²) in [5.41, 5.74) is 0.782. The molecule has 3 amide bonds.